The number of aliphatic carboxylic acids is 1. The SMILES string of the molecule is CN(Cc1cccc(F)c1)C(=O)NC(CCO)C(=O)O. The summed E-state index contributed by atoms with van der Waals surface area (Å²) in [6.45, 7) is -0.195. The van der Waals surface area contributed by atoms with E-state index in [4.69, 9.17) is 10.2 Å². The second kappa shape index (κ2) is 7.44. The largest absolute Gasteiger partial charge is 0.480 e. The van der Waals surface area contributed by atoms with Crippen molar-refractivity contribution < 1.29 is 24.2 Å². The van der Waals surface area contributed by atoms with Crippen molar-refractivity contribution in [2.45, 2.75) is 19.0 Å². The number of nitrogens with zero attached hydrogens (tertiary/aromatic N) is 1. The zero-order valence-corrected chi connectivity index (χ0v) is 11.0. The van der Waals surface area contributed by atoms with Crippen LogP contribution in [-0.4, -0.2) is 46.8 Å². The summed E-state index contributed by atoms with van der Waals surface area (Å²) in [6.07, 6.45) is -0.0745. The lowest BCUT2D eigenvalue weighted by molar-refractivity contribution is -0.139. The van der Waals surface area contributed by atoms with Gasteiger partial charge in [-0.3, -0.25) is 0 Å². The van der Waals surface area contributed by atoms with E-state index < -0.39 is 23.9 Å². The smallest absolute Gasteiger partial charge is 0.326 e. The molecule has 0 saturated heterocycles. The van der Waals surface area contributed by atoms with Gasteiger partial charge in [0.2, 0.25) is 0 Å². The van der Waals surface area contributed by atoms with E-state index in [0.717, 1.165) is 0 Å². The van der Waals surface area contributed by atoms with Gasteiger partial charge in [0.25, 0.3) is 0 Å². The van der Waals surface area contributed by atoms with E-state index in [9.17, 15) is 14.0 Å². The lowest BCUT2D eigenvalue weighted by atomic mass is 10.2. The van der Waals surface area contributed by atoms with Crippen LogP contribution in [0.4, 0.5) is 9.18 Å². The maximum Gasteiger partial charge on any atom is 0.326 e. The first kappa shape index (κ1) is 15.9. The van der Waals surface area contributed by atoms with Crippen LogP contribution in [0.5, 0.6) is 0 Å². The lowest BCUT2D eigenvalue weighted by Crippen LogP contribution is -2.46. The number of rotatable bonds is 6. The predicted molar refractivity (Wildman–Crippen MR) is 69.5 cm³/mol. The lowest BCUT2D eigenvalue weighted by Gasteiger charge is -2.21. The van der Waals surface area contributed by atoms with Crippen LogP contribution in [0.25, 0.3) is 0 Å². The van der Waals surface area contributed by atoms with Crippen molar-refractivity contribution in [3.05, 3.63) is 35.6 Å². The molecule has 0 aliphatic carbocycles. The van der Waals surface area contributed by atoms with Crippen molar-refractivity contribution in [2.24, 2.45) is 0 Å². The van der Waals surface area contributed by atoms with E-state index in [1.807, 2.05) is 0 Å². The standard InChI is InChI=1S/C13H17FN2O4/c1-16(8-9-3-2-4-10(14)7-9)13(20)15-11(5-6-17)12(18)19/h2-4,7,11,17H,5-6,8H2,1H3,(H,15,20)(H,18,19). The highest BCUT2D eigenvalue weighted by Gasteiger charge is 2.21. The molecule has 1 rings (SSSR count). The van der Waals surface area contributed by atoms with Crippen molar-refractivity contribution in [1.29, 1.82) is 0 Å². The third kappa shape index (κ3) is 4.85. The second-order valence-corrected chi connectivity index (χ2v) is 4.34. The number of hydrogen-bond acceptors (Lipinski definition) is 3. The van der Waals surface area contributed by atoms with E-state index in [1.54, 1.807) is 6.07 Å². The van der Waals surface area contributed by atoms with Crippen LogP contribution in [0.2, 0.25) is 0 Å². The Hall–Kier alpha value is -2.15. The van der Waals surface area contributed by atoms with E-state index >= 15 is 0 Å². The number of carboxylic acids is 1. The molecule has 0 heterocycles. The summed E-state index contributed by atoms with van der Waals surface area (Å²) in [6, 6.07) is 4.03. The Kier molecular flexibility index (Phi) is 5.92. The molecule has 7 heteroatoms. The number of nitrogens with one attached hydrogen (secondary N) is 1. The summed E-state index contributed by atoms with van der Waals surface area (Å²) in [5.41, 5.74) is 0.594. The number of aliphatic hydroxyl groups excluding tert-OH is 1. The van der Waals surface area contributed by atoms with E-state index in [0.29, 0.717) is 5.56 Å². The molecule has 0 aromatic heterocycles. The van der Waals surface area contributed by atoms with Gasteiger partial charge in [-0.2, -0.15) is 0 Å². The molecule has 0 aliphatic rings. The van der Waals surface area contributed by atoms with Crippen molar-refractivity contribution in [2.75, 3.05) is 13.7 Å². The van der Waals surface area contributed by atoms with Gasteiger partial charge in [-0.05, 0) is 17.7 Å². The van der Waals surface area contributed by atoms with Gasteiger partial charge < -0.3 is 20.4 Å². The molecule has 0 fully saturated rings. The van der Waals surface area contributed by atoms with Gasteiger partial charge in [0.1, 0.15) is 11.9 Å². The fraction of sp³-hybridized carbons (Fsp3) is 0.385. The quantitative estimate of drug-likeness (QED) is 0.721. The molecule has 3 N–H and O–H groups in total. The first-order valence-corrected chi connectivity index (χ1v) is 6.03. The molecular formula is C13H17FN2O4. The van der Waals surface area contributed by atoms with E-state index in [-0.39, 0.29) is 19.6 Å². The Labute approximate surface area is 115 Å². The Morgan fingerprint density at radius 2 is 2.15 bits per heavy atom. The molecule has 0 radical (unpaired) electrons. The zero-order valence-electron chi connectivity index (χ0n) is 11.0. The zero-order chi connectivity index (χ0) is 15.1. The molecule has 6 nitrogen and oxygen atoms in total. The maximum atomic E-state index is 13.0. The Bertz CT molecular complexity index is 481. The van der Waals surface area contributed by atoms with Crippen LogP contribution in [0.1, 0.15) is 12.0 Å². The molecule has 110 valence electrons. The third-order valence-electron chi connectivity index (χ3n) is 2.67. The number of carbonyl (C=O) groups is 2. The van der Waals surface area contributed by atoms with Gasteiger partial charge in [-0.15, -0.1) is 0 Å². The average Bonchev–Trinajstić information content (AvgIpc) is 2.37. The van der Waals surface area contributed by atoms with Crippen molar-refractivity contribution in [3.8, 4) is 0 Å². The number of carboxylic acid groups (broad SMARTS) is 1. The normalized spacial score (nSPS) is 11.8. The molecule has 0 spiro atoms. The second-order valence-electron chi connectivity index (χ2n) is 4.34. The van der Waals surface area contributed by atoms with E-state index in [1.165, 1.54) is 30.1 Å². The topological polar surface area (TPSA) is 89.9 Å². The number of hydrogen-bond donors (Lipinski definition) is 3. The Morgan fingerprint density at radius 1 is 1.45 bits per heavy atom. The van der Waals surface area contributed by atoms with Crippen molar-refractivity contribution in [3.63, 3.8) is 0 Å². The van der Waals surface area contributed by atoms with Crippen LogP contribution in [-0.2, 0) is 11.3 Å². The van der Waals surface area contributed by atoms with Crippen LogP contribution < -0.4 is 5.32 Å². The third-order valence-corrected chi connectivity index (χ3v) is 2.67. The van der Waals surface area contributed by atoms with Crippen LogP contribution >= 0.6 is 0 Å². The first-order chi connectivity index (χ1) is 9.43. The molecule has 1 aromatic rings. The average molecular weight is 284 g/mol. The van der Waals surface area contributed by atoms with Gasteiger partial charge in [-0.25, -0.2) is 14.0 Å². The maximum absolute atomic E-state index is 13.0. The summed E-state index contributed by atoms with van der Waals surface area (Å²) in [7, 11) is 1.47. The van der Waals surface area contributed by atoms with Gasteiger partial charge in [-0.1, -0.05) is 12.1 Å². The summed E-state index contributed by atoms with van der Waals surface area (Å²) in [5.74, 6) is -1.62. The molecule has 1 aromatic carbocycles. The van der Waals surface area contributed by atoms with Crippen LogP contribution in [0.3, 0.4) is 0 Å². The molecule has 2 amide bonds. The summed E-state index contributed by atoms with van der Waals surface area (Å²) < 4.78 is 13.0. The Morgan fingerprint density at radius 3 is 2.70 bits per heavy atom. The minimum atomic E-state index is -1.22. The fourth-order valence-corrected chi connectivity index (χ4v) is 1.63. The molecule has 0 bridgehead atoms. The fourth-order valence-electron chi connectivity index (χ4n) is 1.63. The highest BCUT2D eigenvalue weighted by molar-refractivity contribution is 5.82. The van der Waals surface area contributed by atoms with Gasteiger partial charge in [0.15, 0.2) is 0 Å². The van der Waals surface area contributed by atoms with Crippen molar-refractivity contribution in [1.82, 2.24) is 10.2 Å². The highest BCUT2D eigenvalue weighted by atomic mass is 19.1. The minimum Gasteiger partial charge on any atom is -0.480 e. The molecule has 0 aliphatic heterocycles. The van der Waals surface area contributed by atoms with Crippen LogP contribution in [0, 0.1) is 5.82 Å². The summed E-state index contributed by atoms with van der Waals surface area (Å²) in [4.78, 5) is 23.9. The number of halogens is 1. The Balaban J connectivity index is 2.60. The van der Waals surface area contributed by atoms with Gasteiger partial charge in [0, 0.05) is 26.6 Å². The minimum absolute atomic E-state index is 0.0745. The molecule has 20 heavy (non-hydrogen) atoms. The number of benzene rings is 1. The number of urea groups is 1. The van der Waals surface area contributed by atoms with Crippen molar-refractivity contribution >= 4 is 12.0 Å². The van der Waals surface area contributed by atoms with Gasteiger partial charge >= 0.3 is 12.0 Å². The van der Waals surface area contributed by atoms with E-state index in [2.05, 4.69) is 5.32 Å². The highest BCUT2D eigenvalue weighted by Crippen LogP contribution is 2.06. The number of aliphatic hydroxyl groups is 1. The predicted octanol–water partition coefficient (Wildman–Crippen LogP) is 0.803. The molecular weight excluding hydrogens is 267 g/mol. The molecule has 0 saturated carbocycles. The summed E-state index contributed by atoms with van der Waals surface area (Å²) >= 11 is 0. The molecule has 1 atom stereocenters. The van der Waals surface area contributed by atoms with Crippen LogP contribution in [0.15, 0.2) is 24.3 Å². The summed E-state index contributed by atoms with van der Waals surface area (Å²) in [5, 5.41) is 19.9. The monoisotopic (exact) mass is 284 g/mol. The molecule has 1 unspecified atom stereocenters. The number of carbonyl (C=O) groups excluding carboxylic acids is 1. The first-order valence-electron chi connectivity index (χ1n) is 6.03. The number of amides is 2. The van der Waals surface area contributed by atoms with Gasteiger partial charge in [0.05, 0.1) is 0 Å².